The van der Waals surface area contributed by atoms with Crippen molar-refractivity contribution in [3.63, 3.8) is 0 Å². The first-order valence-corrected chi connectivity index (χ1v) is 9.94. The monoisotopic (exact) mass is 351 g/mol. The van der Waals surface area contributed by atoms with Crippen molar-refractivity contribution >= 4 is 0 Å². The van der Waals surface area contributed by atoms with E-state index in [1.807, 2.05) is 12.1 Å². The van der Waals surface area contributed by atoms with Crippen molar-refractivity contribution in [2.24, 2.45) is 0 Å². The Kier molecular flexibility index (Phi) is 5.39. The van der Waals surface area contributed by atoms with Crippen molar-refractivity contribution in [2.45, 2.75) is 56.8 Å². The van der Waals surface area contributed by atoms with Crippen LogP contribution in [0.5, 0.6) is 0 Å². The first-order chi connectivity index (χ1) is 12.7. The largest absolute Gasteiger partial charge is 0.392 e. The van der Waals surface area contributed by atoms with Gasteiger partial charge in [0.15, 0.2) is 0 Å². The molecule has 138 valence electrons. The molecule has 1 aliphatic carbocycles. The summed E-state index contributed by atoms with van der Waals surface area (Å²) in [4.78, 5) is 2.50. The van der Waals surface area contributed by atoms with Crippen LogP contribution in [0.15, 0.2) is 48.5 Å². The van der Waals surface area contributed by atoms with E-state index in [4.69, 9.17) is 0 Å². The lowest BCUT2D eigenvalue weighted by Crippen LogP contribution is -2.40. The van der Waals surface area contributed by atoms with Gasteiger partial charge in [-0.15, -0.1) is 0 Å². The highest BCUT2D eigenvalue weighted by atomic mass is 16.3. The number of aliphatic hydroxyl groups is 2. The zero-order valence-electron chi connectivity index (χ0n) is 15.3. The molecule has 2 N–H and O–H groups in total. The molecule has 1 unspecified atom stereocenters. The predicted octanol–water partition coefficient (Wildman–Crippen LogP) is 3.80. The van der Waals surface area contributed by atoms with Crippen LogP contribution in [0.3, 0.4) is 0 Å². The van der Waals surface area contributed by atoms with E-state index in [9.17, 15) is 10.2 Å². The Morgan fingerprint density at radius 2 is 1.73 bits per heavy atom. The minimum absolute atomic E-state index is 0.0661. The van der Waals surface area contributed by atoms with Gasteiger partial charge in [0.25, 0.3) is 0 Å². The van der Waals surface area contributed by atoms with E-state index in [0.29, 0.717) is 12.0 Å². The third kappa shape index (κ3) is 3.71. The van der Waals surface area contributed by atoms with Gasteiger partial charge in [-0.2, -0.15) is 0 Å². The second-order valence-corrected chi connectivity index (χ2v) is 7.87. The highest BCUT2D eigenvalue weighted by Crippen LogP contribution is 2.36. The molecule has 2 aliphatic rings. The highest BCUT2D eigenvalue weighted by molar-refractivity contribution is 5.35. The van der Waals surface area contributed by atoms with Crippen LogP contribution < -0.4 is 0 Å². The summed E-state index contributed by atoms with van der Waals surface area (Å²) in [6, 6.07) is 17.5. The summed E-state index contributed by atoms with van der Waals surface area (Å²) in [5, 5.41) is 20.1. The van der Waals surface area contributed by atoms with Crippen LogP contribution in [-0.2, 0) is 13.0 Å². The van der Waals surface area contributed by atoms with Crippen LogP contribution in [0.2, 0.25) is 0 Å². The summed E-state index contributed by atoms with van der Waals surface area (Å²) in [5.41, 5.74) is 4.66. The van der Waals surface area contributed by atoms with Crippen molar-refractivity contribution < 1.29 is 10.2 Å². The minimum Gasteiger partial charge on any atom is -0.392 e. The van der Waals surface area contributed by atoms with Crippen LogP contribution in [0.4, 0.5) is 0 Å². The second-order valence-electron chi connectivity index (χ2n) is 7.87. The fourth-order valence-corrected chi connectivity index (χ4v) is 4.81. The Bertz CT molecular complexity index is 722. The standard InChI is InChI=1S/C23H29NO2/c25-16-17-6-11-22-20(14-17)12-13-24(15-23(22)26)21-9-7-19(8-10-21)18-4-2-1-3-5-18/h1-6,11,14,19,21,23,25-26H,7-10,12-13,15-16H2. The van der Waals surface area contributed by atoms with Gasteiger partial charge >= 0.3 is 0 Å². The molecule has 3 nitrogen and oxygen atoms in total. The molecule has 1 saturated carbocycles. The molecule has 0 spiro atoms. The molecule has 0 saturated heterocycles. The first-order valence-electron chi connectivity index (χ1n) is 9.94. The summed E-state index contributed by atoms with van der Waals surface area (Å²) in [5.74, 6) is 0.689. The number of hydrogen-bond donors (Lipinski definition) is 2. The van der Waals surface area contributed by atoms with Gasteiger partial charge in [-0.05, 0) is 60.3 Å². The molecule has 0 aromatic heterocycles. The SMILES string of the molecule is OCc1ccc2c(c1)CCN(C1CCC(c3ccccc3)CC1)CC2O. The molecule has 2 aromatic rings. The van der Waals surface area contributed by atoms with E-state index in [0.717, 1.165) is 30.6 Å². The van der Waals surface area contributed by atoms with Crippen LogP contribution in [0.1, 0.15) is 60.0 Å². The summed E-state index contributed by atoms with van der Waals surface area (Å²) in [6.45, 7) is 1.79. The Balaban J connectivity index is 1.41. The zero-order chi connectivity index (χ0) is 17.9. The number of nitrogens with zero attached hydrogens (tertiary/aromatic N) is 1. The van der Waals surface area contributed by atoms with Gasteiger partial charge in [-0.1, -0.05) is 48.5 Å². The Morgan fingerprint density at radius 3 is 2.46 bits per heavy atom. The maximum atomic E-state index is 10.7. The number of benzene rings is 2. The lowest BCUT2D eigenvalue weighted by Gasteiger charge is -2.37. The molecule has 0 amide bonds. The average molecular weight is 351 g/mol. The maximum absolute atomic E-state index is 10.7. The van der Waals surface area contributed by atoms with Crippen molar-refractivity contribution in [2.75, 3.05) is 13.1 Å². The molecule has 4 rings (SSSR count). The summed E-state index contributed by atoms with van der Waals surface area (Å²) >= 11 is 0. The number of fused-ring (bicyclic) bond motifs is 1. The molecule has 2 aromatic carbocycles. The fraction of sp³-hybridized carbons (Fsp3) is 0.478. The van der Waals surface area contributed by atoms with E-state index in [1.54, 1.807) is 0 Å². The summed E-state index contributed by atoms with van der Waals surface area (Å²) in [6.07, 6.45) is 5.44. The normalized spacial score (nSPS) is 26.9. The Hall–Kier alpha value is -1.68. The van der Waals surface area contributed by atoms with Gasteiger partial charge in [0.2, 0.25) is 0 Å². The Labute approximate surface area is 156 Å². The van der Waals surface area contributed by atoms with E-state index in [2.05, 4.69) is 41.3 Å². The highest BCUT2D eigenvalue weighted by Gasteiger charge is 2.30. The fourth-order valence-electron chi connectivity index (χ4n) is 4.81. The van der Waals surface area contributed by atoms with Crippen LogP contribution >= 0.6 is 0 Å². The lowest BCUT2D eigenvalue weighted by molar-refractivity contribution is 0.0774. The zero-order valence-corrected chi connectivity index (χ0v) is 15.3. The van der Waals surface area contributed by atoms with Gasteiger partial charge < -0.3 is 10.2 Å². The topological polar surface area (TPSA) is 43.7 Å². The quantitative estimate of drug-likeness (QED) is 0.884. The number of β-amino-alcohol motifs (C(OH)–C–C–N with tert-alkyl or cyclic N) is 1. The number of hydrogen-bond acceptors (Lipinski definition) is 3. The van der Waals surface area contributed by atoms with Crippen molar-refractivity contribution in [3.05, 3.63) is 70.8 Å². The molecule has 1 heterocycles. The molecule has 3 heteroatoms. The van der Waals surface area contributed by atoms with Gasteiger partial charge in [-0.3, -0.25) is 4.90 Å². The van der Waals surface area contributed by atoms with Gasteiger partial charge in [-0.25, -0.2) is 0 Å². The maximum Gasteiger partial charge on any atom is 0.0919 e. The molecule has 0 radical (unpaired) electrons. The lowest BCUT2D eigenvalue weighted by atomic mass is 9.81. The second kappa shape index (κ2) is 7.91. The number of aliphatic hydroxyl groups excluding tert-OH is 2. The Morgan fingerprint density at radius 1 is 0.962 bits per heavy atom. The predicted molar refractivity (Wildman–Crippen MR) is 104 cm³/mol. The van der Waals surface area contributed by atoms with E-state index >= 15 is 0 Å². The van der Waals surface area contributed by atoms with Crippen LogP contribution in [-0.4, -0.2) is 34.2 Å². The van der Waals surface area contributed by atoms with Crippen molar-refractivity contribution in [1.82, 2.24) is 4.90 Å². The molecular formula is C23H29NO2. The first kappa shape index (κ1) is 17.7. The summed E-state index contributed by atoms with van der Waals surface area (Å²) in [7, 11) is 0. The molecule has 1 atom stereocenters. The molecule has 1 aliphatic heterocycles. The molecule has 26 heavy (non-hydrogen) atoms. The van der Waals surface area contributed by atoms with Crippen LogP contribution in [0.25, 0.3) is 0 Å². The van der Waals surface area contributed by atoms with Crippen molar-refractivity contribution in [1.29, 1.82) is 0 Å². The average Bonchev–Trinajstić information content (AvgIpc) is 2.87. The van der Waals surface area contributed by atoms with Gasteiger partial charge in [0.1, 0.15) is 0 Å². The minimum atomic E-state index is -0.424. The molecule has 1 fully saturated rings. The third-order valence-electron chi connectivity index (χ3n) is 6.31. The third-order valence-corrected chi connectivity index (χ3v) is 6.31. The van der Waals surface area contributed by atoms with Crippen LogP contribution in [0, 0.1) is 0 Å². The smallest absolute Gasteiger partial charge is 0.0919 e. The number of rotatable bonds is 3. The van der Waals surface area contributed by atoms with Gasteiger partial charge in [0, 0.05) is 19.1 Å². The van der Waals surface area contributed by atoms with E-state index in [-0.39, 0.29) is 6.61 Å². The molecule has 0 bridgehead atoms. The van der Waals surface area contributed by atoms with Crippen molar-refractivity contribution in [3.8, 4) is 0 Å². The van der Waals surface area contributed by atoms with E-state index < -0.39 is 6.10 Å². The molecular weight excluding hydrogens is 322 g/mol. The van der Waals surface area contributed by atoms with Gasteiger partial charge in [0.05, 0.1) is 12.7 Å². The van der Waals surface area contributed by atoms with E-state index in [1.165, 1.54) is 36.8 Å². The summed E-state index contributed by atoms with van der Waals surface area (Å²) < 4.78 is 0.